The van der Waals surface area contributed by atoms with Crippen LogP contribution in [0.25, 0.3) is 0 Å². The summed E-state index contributed by atoms with van der Waals surface area (Å²) < 4.78 is 0. The first-order chi connectivity index (χ1) is 7.29. The Hall–Kier alpha value is -0.680. The van der Waals surface area contributed by atoms with E-state index < -0.39 is 6.10 Å². The fraction of sp³-hybridized carbons (Fsp3) is 0.385. The minimum absolute atomic E-state index is 0.139. The molecule has 1 aromatic carbocycles. The first-order valence-corrected chi connectivity index (χ1v) is 5.71. The predicted molar refractivity (Wildman–Crippen MR) is 68.7 cm³/mol. The van der Waals surface area contributed by atoms with Gasteiger partial charge in [0.1, 0.15) is 6.10 Å². The topological polar surface area (TPSA) is 20.2 Å². The number of hydrogen-bond acceptors (Lipinski definition) is 1. The van der Waals surface area contributed by atoms with Crippen LogP contribution in [0.2, 0.25) is 10.0 Å². The molecule has 0 aliphatic rings. The summed E-state index contributed by atoms with van der Waals surface area (Å²) in [5.41, 5.74) is 0.447. The van der Waals surface area contributed by atoms with Crippen molar-refractivity contribution in [2.75, 3.05) is 0 Å². The van der Waals surface area contributed by atoms with Crippen LogP contribution in [-0.2, 0) is 0 Å². The lowest BCUT2D eigenvalue weighted by molar-refractivity contribution is 0.238. The third kappa shape index (κ3) is 4.06. The van der Waals surface area contributed by atoms with Crippen molar-refractivity contribution in [3.63, 3.8) is 0 Å². The average molecular weight is 257 g/mol. The van der Waals surface area contributed by atoms with Crippen LogP contribution in [0, 0.1) is 17.3 Å². The van der Waals surface area contributed by atoms with E-state index in [0.29, 0.717) is 15.6 Å². The molecule has 0 radical (unpaired) electrons. The van der Waals surface area contributed by atoms with Crippen molar-refractivity contribution in [3.05, 3.63) is 33.8 Å². The third-order valence-corrected chi connectivity index (χ3v) is 2.40. The Bertz CT molecular complexity index is 435. The first-order valence-electron chi connectivity index (χ1n) is 4.95. The second-order valence-corrected chi connectivity index (χ2v) is 5.43. The summed E-state index contributed by atoms with van der Waals surface area (Å²) in [4.78, 5) is 0. The van der Waals surface area contributed by atoms with Crippen LogP contribution >= 0.6 is 23.2 Å². The molecule has 16 heavy (non-hydrogen) atoms. The number of aliphatic hydroxyl groups excluding tert-OH is 1. The van der Waals surface area contributed by atoms with Gasteiger partial charge in [0.25, 0.3) is 0 Å². The minimum atomic E-state index is -0.871. The fourth-order valence-electron chi connectivity index (χ4n) is 1.09. The van der Waals surface area contributed by atoms with Crippen molar-refractivity contribution >= 4 is 23.2 Å². The molecule has 1 N–H and O–H groups in total. The highest BCUT2D eigenvalue weighted by Gasteiger charge is 2.10. The van der Waals surface area contributed by atoms with Crippen LogP contribution in [0.5, 0.6) is 0 Å². The van der Waals surface area contributed by atoms with Crippen LogP contribution < -0.4 is 0 Å². The Morgan fingerprint density at radius 1 is 1.25 bits per heavy atom. The van der Waals surface area contributed by atoms with E-state index in [9.17, 15) is 5.11 Å². The van der Waals surface area contributed by atoms with Crippen molar-refractivity contribution < 1.29 is 5.11 Å². The SMILES string of the molecule is CC(C)(C)C#CC(O)c1ccc(Cl)cc1Cl. The standard InChI is InChI=1S/C13H14Cl2O/c1-13(2,3)7-6-12(16)10-5-4-9(14)8-11(10)15/h4-5,8,12,16H,1-3H3. The van der Waals surface area contributed by atoms with Crippen molar-refractivity contribution in [1.82, 2.24) is 0 Å². The second-order valence-electron chi connectivity index (χ2n) is 4.59. The maximum Gasteiger partial charge on any atom is 0.141 e. The lowest BCUT2D eigenvalue weighted by Gasteiger charge is -2.10. The van der Waals surface area contributed by atoms with Gasteiger partial charge in [0, 0.05) is 21.0 Å². The molecule has 1 nitrogen and oxygen atoms in total. The van der Waals surface area contributed by atoms with Gasteiger partial charge in [0.2, 0.25) is 0 Å². The molecule has 0 aromatic heterocycles. The van der Waals surface area contributed by atoms with E-state index in [4.69, 9.17) is 23.2 Å². The number of rotatable bonds is 1. The highest BCUT2D eigenvalue weighted by Crippen LogP contribution is 2.26. The van der Waals surface area contributed by atoms with Gasteiger partial charge in [-0.25, -0.2) is 0 Å². The van der Waals surface area contributed by atoms with Crippen LogP contribution in [0.4, 0.5) is 0 Å². The van der Waals surface area contributed by atoms with Crippen LogP contribution in [0.3, 0.4) is 0 Å². The molecule has 1 unspecified atom stereocenters. The molecule has 86 valence electrons. The quantitative estimate of drug-likeness (QED) is 0.751. The summed E-state index contributed by atoms with van der Waals surface area (Å²) in [7, 11) is 0. The Kier molecular flexibility index (Phi) is 4.27. The first kappa shape index (κ1) is 13.4. The monoisotopic (exact) mass is 256 g/mol. The summed E-state index contributed by atoms with van der Waals surface area (Å²) >= 11 is 11.7. The molecule has 0 bridgehead atoms. The zero-order chi connectivity index (χ0) is 12.3. The summed E-state index contributed by atoms with van der Waals surface area (Å²) in [5.74, 6) is 5.75. The van der Waals surface area contributed by atoms with E-state index in [1.165, 1.54) is 0 Å². The van der Waals surface area contributed by atoms with E-state index in [1.807, 2.05) is 20.8 Å². The van der Waals surface area contributed by atoms with E-state index in [0.717, 1.165) is 0 Å². The minimum Gasteiger partial charge on any atom is -0.376 e. The molecule has 0 fully saturated rings. The number of aliphatic hydroxyl groups is 1. The van der Waals surface area contributed by atoms with Crippen LogP contribution in [0.1, 0.15) is 32.4 Å². The highest BCUT2D eigenvalue weighted by molar-refractivity contribution is 6.35. The molecule has 0 spiro atoms. The zero-order valence-corrected chi connectivity index (χ0v) is 11.0. The molecule has 0 saturated carbocycles. The third-order valence-electron chi connectivity index (χ3n) is 1.84. The highest BCUT2D eigenvalue weighted by atomic mass is 35.5. The normalized spacial score (nSPS) is 12.9. The Labute approximate surface area is 106 Å². The molecule has 3 heteroatoms. The summed E-state index contributed by atoms with van der Waals surface area (Å²) in [6, 6.07) is 4.97. The van der Waals surface area contributed by atoms with Gasteiger partial charge in [-0.3, -0.25) is 0 Å². The fourth-order valence-corrected chi connectivity index (χ4v) is 1.60. The molecule has 1 atom stereocenters. The van der Waals surface area contributed by atoms with E-state index in [2.05, 4.69) is 11.8 Å². The number of hydrogen-bond donors (Lipinski definition) is 1. The molecule has 1 aromatic rings. The molecule has 0 saturated heterocycles. The maximum atomic E-state index is 9.85. The Morgan fingerprint density at radius 3 is 2.38 bits per heavy atom. The summed E-state index contributed by atoms with van der Waals surface area (Å²) in [5, 5.41) is 10.8. The van der Waals surface area contributed by atoms with Gasteiger partial charge in [-0.15, -0.1) is 0 Å². The number of halogens is 2. The molecular formula is C13H14Cl2O. The Morgan fingerprint density at radius 2 is 1.88 bits per heavy atom. The molecule has 1 rings (SSSR count). The van der Waals surface area contributed by atoms with Crippen molar-refractivity contribution in [3.8, 4) is 11.8 Å². The average Bonchev–Trinajstić information content (AvgIpc) is 2.13. The lowest BCUT2D eigenvalue weighted by atomic mass is 9.97. The van der Waals surface area contributed by atoms with Gasteiger partial charge in [-0.05, 0) is 32.9 Å². The smallest absolute Gasteiger partial charge is 0.141 e. The summed E-state index contributed by atoms with van der Waals surface area (Å²) in [6.45, 7) is 5.95. The second kappa shape index (κ2) is 5.10. The predicted octanol–water partition coefficient (Wildman–Crippen LogP) is 4.08. The van der Waals surface area contributed by atoms with E-state index in [1.54, 1.807) is 18.2 Å². The summed E-state index contributed by atoms with van der Waals surface area (Å²) in [6.07, 6.45) is -0.871. The molecule has 0 aliphatic heterocycles. The zero-order valence-electron chi connectivity index (χ0n) is 9.51. The van der Waals surface area contributed by atoms with Gasteiger partial charge < -0.3 is 5.11 Å². The molecule has 0 amide bonds. The van der Waals surface area contributed by atoms with Gasteiger partial charge in [-0.1, -0.05) is 41.1 Å². The van der Waals surface area contributed by atoms with Crippen molar-refractivity contribution in [2.45, 2.75) is 26.9 Å². The molecule has 0 aliphatic carbocycles. The molecule has 0 heterocycles. The largest absolute Gasteiger partial charge is 0.376 e. The lowest BCUT2D eigenvalue weighted by Crippen LogP contribution is -2.02. The maximum absolute atomic E-state index is 9.85. The van der Waals surface area contributed by atoms with Gasteiger partial charge >= 0.3 is 0 Å². The van der Waals surface area contributed by atoms with Crippen LogP contribution in [0.15, 0.2) is 18.2 Å². The van der Waals surface area contributed by atoms with Gasteiger partial charge in [0.05, 0.1) is 0 Å². The van der Waals surface area contributed by atoms with E-state index >= 15 is 0 Å². The van der Waals surface area contributed by atoms with Crippen LogP contribution in [-0.4, -0.2) is 5.11 Å². The Balaban J connectivity index is 2.96. The molecular weight excluding hydrogens is 243 g/mol. The number of benzene rings is 1. The van der Waals surface area contributed by atoms with E-state index in [-0.39, 0.29) is 5.41 Å². The van der Waals surface area contributed by atoms with Gasteiger partial charge in [0.15, 0.2) is 0 Å². The van der Waals surface area contributed by atoms with Crippen molar-refractivity contribution in [1.29, 1.82) is 0 Å². The van der Waals surface area contributed by atoms with Gasteiger partial charge in [-0.2, -0.15) is 0 Å². The van der Waals surface area contributed by atoms with Crippen molar-refractivity contribution in [2.24, 2.45) is 5.41 Å².